The molecule has 0 fully saturated rings. The number of aliphatic hydroxyl groups excluding tert-OH is 1. The highest BCUT2D eigenvalue weighted by Crippen LogP contribution is 2.39. The monoisotopic (exact) mass is 402 g/mol. The number of Topliss-reactive ketones (excluding diaryl/α,β-unsaturated/α-hetero) is 1. The normalized spacial score (nSPS) is 26.4. The van der Waals surface area contributed by atoms with Crippen LogP contribution in [0, 0.1) is 0 Å². The first-order valence-electron chi connectivity index (χ1n) is 8.04. The van der Waals surface area contributed by atoms with Crippen LogP contribution in [0.3, 0.4) is 0 Å². The second kappa shape index (κ2) is 5.98. The van der Waals surface area contributed by atoms with Crippen LogP contribution in [0.4, 0.5) is 0 Å². The Bertz CT molecular complexity index is 1240. The molecule has 2 aliphatic heterocycles. The van der Waals surface area contributed by atoms with E-state index in [4.69, 9.17) is 0 Å². The van der Waals surface area contributed by atoms with Crippen molar-refractivity contribution in [2.75, 3.05) is 0 Å². The number of fused-ring (bicyclic) bond motifs is 2. The number of carbonyl (C=O) groups is 1. The zero-order valence-corrected chi connectivity index (χ0v) is 15.4. The SMILES string of the molecule is O=C1C(=CC=CC2C(O)c3ccccc3S2(=O)=O)S(=O)(=O)c2ccccc21. The average Bonchev–Trinajstić information content (AvgIpc) is 2.96. The van der Waals surface area contributed by atoms with Gasteiger partial charge in [-0.25, -0.2) is 16.8 Å². The summed E-state index contributed by atoms with van der Waals surface area (Å²) in [6.07, 6.45) is 2.24. The highest BCUT2D eigenvalue weighted by molar-refractivity contribution is 7.97. The molecule has 0 radical (unpaired) electrons. The maximum absolute atomic E-state index is 12.6. The maximum atomic E-state index is 12.6. The molecule has 2 atom stereocenters. The van der Waals surface area contributed by atoms with E-state index in [1.54, 1.807) is 18.2 Å². The predicted molar refractivity (Wildman–Crippen MR) is 97.6 cm³/mol. The Hall–Kier alpha value is -2.55. The highest BCUT2D eigenvalue weighted by Gasteiger charge is 2.42. The molecule has 0 saturated carbocycles. The van der Waals surface area contributed by atoms with E-state index in [1.165, 1.54) is 42.5 Å². The summed E-state index contributed by atoms with van der Waals surface area (Å²) in [6.45, 7) is 0. The number of carbonyl (C=O) groups excluding carboxylic acids is 1. The van der Waals surface area contributed by atoms with Gasteiger partial charge in [0.15, 0.2) is 9.84 Å². The van der Waals surface area contributed by atoms with Crippen molar-refractivity contribution in [1.82, 2.24) is 0 Å². The summed E-state index contributed by atoms with van der Waals surface area (Å²) < 4.78 is 50.2. The molecule has 0 aliphatic carbocycles. The van der Waals surface area contributed by atoms with Crippen molar-refractivity contribution in [2.45, 2.75) is 21.1 Å². The van der Waals surface area contributed by atoms with Gasteiger partial charge in [-0.05, 0) is 24.3 Å². The molecule has 138 valence electrons. The van der Waals surface area contributed by atoms with Crippen LogP contribution in [0.1, 0.15) is 22.0 Å². The fourth-order valence-electron chi connectivity index (χ4n) is 3.37. The molecule has 2 aromatic rings. The molecule has 2 aliphatic rings. The number of hydrogen-bond donors (Lipinski definition) is 1. The van der Waals surface area contributed by atoms with Crippen LogP contribution in [0.15, 0.2) is 81.5 Å². The Kier molecular flexibility index (Phi) is 3.95. The summed E-state index contributed by atoms with van der Waals surface area (Å²) in [5.74, 6) is -0.631. The third kappa shape index (κ3) is 2.52. The van der Waals surface area contributed by atoms with Gasteiger partial charge in [-0.3, -0.25) is 4.79 Å². The van der Waals surface area contributed by atoms with Gasteiger partial charge in [0.2, 0.25) is 15.6 Å². The Balaban J connectivity index is 1.71. The summed E-state index contributed by atoms with van der Waals surface area (Å²) in [4.78, 5) is 11.9. The lowest BCUT2D eigenvalue weighted by atomic mass is 10.1. The number of benzene rings is 2. The molecular formula is C19H14O6S2. The van der Waals surface area contributed by atoms with Gasteiger partial charge in [-0.15, -0.1) is 0 Å². The average molecular weight is 402 g/mol. The molecule has 0 spiro atoms. The molecule has 0 amide bonds. The van der Waals surface area contributed by atoms with Crippen molar-refractivity contribution >= 4 is 25.5 Å². The highest BCUT2D eigenvalue weighted by atomic mass is 32.2. The van der Waals surface area contributed by atoms with Crippen molar-refractivity contribution in [3.05, 3.63) is 82.8 Å². The van der Waals surface area contributed by atoms with Gasteiger partial charge in [0.25, 0.3) is 0 Å². The van der Waals surface area contributed by atoms with Gasteiger partial charge in [-0.1, -0.05) is 42.5 Å². The number of rotatable bonds is 2. The third-order valence-electron chi connectivity index (χ3n) is 4.70. The van der Waals surface area contributed by atoms with E-state index < -0.39 is 41.7 Å². The van der Waals surface area contributed by atoms with Crippen LogP contribution >= 0.6 is 0 Å². The molecule has 2 heterocycles. The molecule has 2 aromatic carbocycles. The van der Waals surface area contributed by atoms with Gasteiger partial charge in [0, 0.05) is 11.1 Å². The molecule has 27 heavy (non-hydrogen) atoms. The lowest BCUT2D eigenvalue weighted by molar-refractivity contribution is 0.104. The smallest absolute Gasteiger partial charge is 0.211 e. The summed E-state index contributed by atoms with van der Waals surface area (Å²) in [6, 6.07) is 12.0. The molecule has 4 rings (SSSR count). The van der Waals surface area contributed by atoms with Gasteiger partial charge in [-0.2, -0.15) is 0 Å². The summed E-state index contributed by atoms with van der Waals surface area (Å²) in [5.41, 5.74) is 0.398. The second-order valence-corrected chi connectivity index (χ2v) is 10.2. The molecule has 2 unspecified atom stereocenters. The molecule has 8 heteroatoms. The first kappa shape index (κ1) is 17.8. The van der Waals surface area contributed by atoms with E-state index in [2.05, 4.69) is 0 Å². The van der Waals surface area contributed by atoms with Gasteiger partial charge >= 0.3 is 0 Å². The van der Waals surface area contributed by atoms with Crippen LogP contribution in [0.25, 0.3) is 0 Å². The van der Waals surface area contributed by atoms with Crippen LogP contribution in [-0.2, 0) is 19.7 Å². The van der Waals surface area contributed by atoms with E-state index in [0.29, 0.717) is 5.56 Å². The molecular weight excluding hydrogens is 388 g/mol. The summed E-state index contributed by atoms with van der Waals surface area (Å²) in [5, 5.41) is 9.09. The van der Waals surface area contributed by atoms with Crippen molar-refractivity contribution in [2.24, 2.45) is 0 Å². The number of aliphatic hydroxyl groups is 1. The second-order valence-electron chi connectivity index (χ2n) is 6.24. The van der Waals surface area contributed by atoms with E-state index >= 15 is 0 Å². The first-order chi connectivity index (χ1) is 12.8. The van der Waals surface area contributed by atoms with Crippen molar-refractivity contribution < 1.29 is 26.7 Å². The van der Waals surface area contributed by atoms with Crippen LogP contribution < -0.4 is 0 Å². The maximum Gasteiger partial charge on any atom is 0.211 e. The third-order valence-corrected chi connectivity index (χ3v) is 8.65. The predicted octanol–water partition coefficient (Wildman–Crippen LogP) is 1.99. The number of allylic oxidation sites excluding steroid dienone is 3. The number of sulfone groups is 2. The quantitative estimate of drug-likeness (QED) is 0.770. The van der Waals surface area contributed by atoms with Gasteiger partial charge < -0.3 is 5.11 Å². The fraction of sp³-hybridized carbons (Fsp3) is 0.105. The zero-order valence-electron chi connectivity index (χ0n) is 13.8. The van der Waals surface area contributed by atoms with Crippen molar-refractivity contribution in [3.8, 4) is 0 Å². The van der Waals surface area contributed by atoms with Gasteiger partial charge in [0.05, 0.1) is 9.79 Å². The van der Waals surface area contributed by atoms with Crippen molar-refractivity contribution in [1.29, 1.82) is 0 Å². The topological polar surface area (TPSA) is 106 Å². The number of ketones is 1. The lowest BCUT2D eigenvalue weighted by Gasteiger charge is -2.08. The van der Waals surface area contributed by atoms with E-state index in [-0.39, 0.29) is 15.4 Å². The van der Waals surface area contributed by atoms with Crippen LogP contribution in [0.5, 0.6) is 0 Å². The minimum atomic E-state index is -3.94. The first-order valence-corrected chi connectivity index (χ1v) is 11.1. The number of hydrogen-bond acceptors (Lipinski definition) is 6. The Morgan fingerprint density at radius 1 is 0.889 bits per heavy atom. The molecule has 0 aromatic heterocycles. The minimum Gasteiger partial charge on any atom is -0.387 e. The van der Waals surface area contributed by atoms with Gasteiger partial charge in [0.1, 0.15) is 16.3 Å². The molecule has 1 N–H and O–H groups in total. The van der Waals surface area contributed by atoms with E-state index in [0.717, 1.165) is 6.08 Å². The fourth-order valence-corrected chi connectivity index (χ4v) is 6.78. The standard InChI is InChI=1S/C19H14O6S2/c20-18-12-6-1-3-8-14(12)26(22,23)16(18)10-5-11-17-19(21)13-7-2-4-9-15(13)27(17,24)25/h1-11,16,18,20H. The van der Waals surface area contributed by atoms with E-state index in [9.17, 15) is 26.7 Å². The van der Waals surface area contributed by atoms with Crippen LogP contribution in [0.2, 0.25) is 0 Å². The minimum absolute atomic E-state index is 0.0526. The molecule has 0 saturated heterocycles. The zero-order chi connectivity index (χ0) is 19.4. The largest absolute Gasteiger partial charge is 0.387 e. The van der Waals surface area contributed by atoms with Crippen molar-refractivity contribution in [3.63, 3.8) is 0 Å². The van der Waals surface area contributed by atoms with E-state index in [1.807, 2.05) is 0 Å². The Morgan fingerprint density at radius 3 is 2.19 bits per heavy atom. The summed E-state index contributed by atoms with van der Waals surface area (Å²) in [7, 11) is -7.73. The molecule has 0 bridgehead atoms. The Morgan fingerprint density at radius 2 is 1.52 bits per heavy atom. The summed E-state index contributed by atoms with van der Waals surface area (Å²) >= 11 is 0. The Labute approximate surface area is 156 Å². The van der Waals surface area contributed by atoms with Crippen LogP contribution in [-0.4, -0.2) is 33.0 Å². The molecule has 6 nitrogen and oxygen atoms in total. The lowest BCUT2D eigenvalue weighted by Crippen LogP contribution is -2.18.